The highest BCUT2D eigenvalue weighted by atomic mass is 32.2. The monoisotopic (exact) mass is 187 g/mol. The number of primary amides is 1. The number of hydrogen-bond acceptors (Lipinski definition) is 4. The Balaban J connectivity index is 2.13. The number of nitrogens with zero attached hydrogens (tertiary/aromatic N) is 1. The van der Waals surface area contributed by atoms with Gasteiger partial charge in [0.15, 0.2) is 5.17 Å². The molecule has 0 atom stereocenters. The van der Waals surface area contributed by atoms with Crippen LogP contribution in [0, 0.1) is 0 Å². The predicted molar refractivity (Wildman–Crippen MR) is 51.2 cm³/mol. The van der Waals surface area contributed by atoms with E-state index in [9.17, 15) is 4.79 Å². The van der Waals surface area contributed by atoms with E-state index in [0.29, 0.717) is 13.0 Å². The van der Waals surface area contributed by atoms with Gasteiger partial charge >= 0.3 is 0 Å². The van der Waals surface area contributed by atoms with Gasteiger partial charge in [0.05, 0.1) is 0 Å². The summed E-state index contributed by atoms with van der Waals surface area (Å²) in [7, 11) is 0. The van der Waals surface area contributed by atoms with Crippen molar-refractivity contribution in [1.82, 2.24) is 5.32 Å². The maximum absolute atomic E-state index is 10.4. The fourth-order valence-corrected chi connectivity index (χ4v) is 1.71. The van der Waals surface area contributed by atoms with Gasteiger partial charge in [0.25, 0.3) is 0 Å². The molecule has 0 aromatic heterocycles. The molecule has 0 aromatic rings. The van der Waals surface area contributed by atoms with Crippen LogP contribution in [0.2, 0.25) is 0 Å². The topological polar surface area (TPSA) is 67.5 Å². The van der Waals surface area contributed by atoms with Crippen molar-refractivity contribution in [3.8, 4) is 0 Å². The van der Waals surface area contributed by atoms with Gasteiger partial charge in [-0.25, -0.2) is 0 Å². The fourth-order valence-electron chi connectivity index (χ4n) is 0.859. The van der Waals surface area contributed by atoms with Crippen LogP contribution in [-0.4, -0.2) is 29.9 Å². The van der Waals surface area contributed by atoms with Gasteiger partial charge in [0, 0.05) is 25.3 Å². The van der Waals surface area contributed by atoms with E-state index in [0.717, 1.165) is 23.9 Å². The Hall–Kier alpha value is -0.710. The number of hydrogen-bond donors (Lipinski definition) is 2. The molecule has 1 heterocycles. The lowest BCUT2D eigenvalue weighted by Gasteiger charge is -2.12. The van der Waals surface area contributed by atoms with Crippen LogP contribution in [0.5, 0.6) is 0 Å². The number of rotatable bonds is 3. The molecule has 12 heavy (non-hydrogen) atoms. The standard InChI is InChI=1S/C7H13N3OS/c8-6(11)2-4-10-7-9-3-1-5-12-7/h1-5H2,(H2,8,11)(H,9,10). The molecule has 0 aliphatic carbocycles. The van der Waals surface area contributed by atoms with Crippen LogP contribution in [0.1, 0.15) is 12.8 Å². The number of amidine groups is 1. The molecule has 0 fully saturated rings. The highest BCUT2D eigenvalue weighted by Gasteiger charge is 2.04. The SMILES string of the molecule is NC(=O)CCNC1=NCCCS1. The van der Waals surface area contributed by atoms with E-state index < -0.39 is 0 Å². The molecule has 0 bridgehead atoms. The van der Waals surface area contributed by atoms with Crippen molar-refractivity contribution >= 4 is 22.8 Å². The van der Waals surface area contributed by atoms with E-state index in [4.69, 9.17) is 5.73 Å². The maximum Gasteiger partial charge on any atom is 0.219 e. The third-order valence-corrected chi connectivity index (χ3v) is 2.48. The van der Waals surface area contributed by atoms with Crippen molar-refractivity contribution in [2.45, 2.75) is 12.8 Å². The number of nitrogens with one attached hydrogen (secondary N) is 1. The average Bonchev–Trinajstić information content (AvgIpc) is 2.05. The molecular weight excluding hydrogens is 174 g/mol. The molecule has 1 aliphatic rings. The molecule has 0 aromatic carbocycles. The molecule has 1 amide bonds. The first kappa shape index (κ1) is 9.38. The largest absolute Gasteiger partial charge is 0.370 e. The smallest absolute Gasteiger partial charge is 0.219 e. The summed E-state index contributed by atoms with van der Waals surface area (Å²) in [5.41, 5.74) is 4.98. The molecule has 5 heteroatoms. The van der Waals surface area contributed by atoms with Crippen LogP contribution >= 0.6 is 11.8 Å². The number of aliphatic imine (C=N–C) groups is 1. The Morgan fingerprint density at radius 1 is 1.75 bits per heavy atom. The summed E-state index contributed by atoms with van der Waals surface area (Å²) in [4.78, 5) is 14.6. The first-order valence-corrected chi connectivity index (χ1v) is 4.97. The molecule has 0 saturated heterocycles. The minimum Gasteiger partial charge on any atom is -0.370 e. The third-order valence-electron chi connectivity index (χ3n) is 1.44. The third kappa shape index (κ3) is 3.61. The summed E-state index contributed by atoms with van der Waals surface area (Å²) in [6.45, 7) is 1.49. The summed E-state index contributed by atoms with van der Waals surface area (Å²) in [6.07, 6.45) is 1.52. The van der Waals surface area contributed by atoms with E-state index in [1.807, 2.05) is 0 Å². The van der Waals surface area contributed by atoms with Crippen LogP contribution in [0.4, 0.5) is 0 Å². The predicted octanol–water partition coefficient (Wildman–Crippen LogP) is -0.0557. The number of carbonyl (C=O) groups excluding carboxylic acids is 1. The first-order valence-electron chi connectivity index (χ1n) is 3.98. The highest BCUT2D eigenvalue weighted by Crippen LogP contribution is 2.09. The van der Waals surface area contributed by atoms with Gasteiger partial charge in [0.1, 0.15) is 0 Å². The highest BCUT2D eigenvalue weighted by molar-refractivity contribution is 8.13. The number of amides is 1. The van der Waals surface area contributed by atoms with Crippen molar-refractivity contribution in [3.05, 3.63) is 0 Å². The minimum absolute atomic E-state index is 0.274. The molecule has 0 saturated carbocycles. The maximum atomic E-state index is 10.4. The lowest BCUT2D eigenvalue weighted by molar-refractivity contribution is -0.117. The minimum atomic E-state index is -0.274. The second-order valence-corrected chi connectivity index (χ2v) is 3.62. The Kier molecular flexibility index (Phi) is 3.93. The zero-order valence-electron chi connectivity index (χ0n) is 6.88. The lowest BCUT2D eigenvalue weighted by atomic mass is 10.4. The number of nitrogens with two attached hydrogens (primary N) is 1. The molecule has 3 N–H and O–H groups in total. The van der Waals surface area contributed by atoms with Gasteiger partial charge in [-0.2, -0.15) is 0 Å². The summed E-state index contributed by atoms with van der Waals surface area (Å²) in [5.74, 6) is 0.839. The molecule has 1 rings (SSSR count). The average molecular weight is 187 g/mol. The van der Waals surface area contributed by atoms with Crippen LogP contribution < -0.4 is 11.1 Å². The fraction of sp³-hybridized carbons (Fsp3) is 0.714. The molecule has 4 nitrogen and oxygen atoms in total. The molecule has 68 valence electrons. The summed E-state index contributed by atoms with van der Waals surface area (Å²) in [6, 6.07) is 0. The second-order valence-electron chi connectivity index (χ2n) is 2.53. The van der Waals surface area contributed by atoms with Crippen molar-refractivity contribution in [3.63, 3.8) is 0 Å². The second kappa shape index (κ2) is 5.03. The number of thioether (sulfide) groups is 1. The van der Waals surface area contributed by atoms with E-state index >= 15 is 0 Å². The van der Waals surface area contributed by atoms with Gasteiger partial charge in [0.2, 0.25) is 5.91 Å². The summed E-state index contributed by atoms with van der Waals surface area (Å²) in [5, 5.41) is 4.01. The van der Waals surface area contributed by atoms with E-state index in [2.05, 4.69) is 10.3 Å². The van der Waals surface area contributed by atoms with Gasteiger partial charge in [-0.15, -0.1) is 0 Å². The molecular formula is C7H13N3OS. The normalized spacial score (nSPS) is 16.8. The van der Waals surface area contributed by atoms with Crippen LogP contribution in [0.25, 0.3) is 0 Å². The van der Waals surface area contributed by atoms with Crippen molar-refractivity contribution < 1.29 is 4.79 Å². The van der Waals surface area contributed by atoms with Crippen LogP contribution in [-0.2, 0) is 4.79 Å². The molecule has 1 aliphatic heterocycles. The van der Waals surface area contributed by atoms with Gasteiger partial charge in [-0.1, -0.05) is 11.8 Å². The van der Waals surface area contributed by atoms with E-state index in [-0.39, 0.29) is 5.91 Å². The quantitative estimate of drug-likeness (QED) is 0.650. The molecule has 0 radical (unpaired) electrons. The summed E-state index contributed by atoms with van der Waals surface area (Å²) < 4.78 is 0. The van der Waals surface area contributed by atoms with Crippen LogP contribution in [0.3, 0.4) is 0 Å². The Labute approximate surface area is 76.0 Å². The van der Waals surface area contributed by atoms with Gasteiger partial charge in [-0.3, -0.25) is 9.79 Å². The Morgan fingerprint density at radius 3 is 3.17 bits per heavy atom. The Bertz CT molecular complexity index is 193. The van der Waals surface area contributed by atoms with Crippen molar-refractivity contribution in [2.75, 3.05) is 18.8 Å². The van der Waals surface area contributed by atoms with Crippen molar-refractivity contribution in [1.29, 1.82) is 0 Å². The van der Waals surface area contributed by atoms with Crippen LogP contribution in [0.15, 0.2) is 4.99 Å². The molecule has 0 spiro atoms. The summed E-state index contributed by atoms with van der Waals surface area (Å²) >= 11 is 1.70. The van der Waals surface area contributed by atoms with Crippen molar-refractivity contribution in [2.24, 2.45) is 10.7 Å². The zero-order valence-corrected chi connectivity index (χ0v) is 7.69. The Morgan fingerprint density at radius 2 is 2.58 bits per heavy atom. The van der Waals surface area contributed by atoms with E-state index in [1.165, 1.54) is 0 Å². The lowest BCUT2D eigenvalue weighted by Crippen LogP contribution is -2.27. The van der Waals surface area contributed by atoms with E-state index in [1.54, 1.807) is 11.8 Å². The van der Waals surface area contributed by atoms with Gasteiger partial charge < -0.3 is 11.1 Å². The van der Waals surface area contributed by atoms with Gasteiger partial charge in [-0.05, 0) is 6.42 Å². The first-order chi connectivity index (χ1) is 5.79. The molecule has 0 unspecified atom stereocenters. The zero-order chi connectivity index (χ0) is 8.81. The number of carbonyl (C=O) groups is 1.